The van der Waals surface area contributed by atoms with Crippen LogP contribution in [0.1, 0.15) is 11.1 Å². The summed E-state index contributed by atoms with van der Waals surface area (Å²) in [5.41, 5.74) is 2.37. The van der Waals surface area contributed by atoms with Gasteiger partial charge in [-0.25, -0.2) is 15.0 Å². The summed E-state index contributed by atoms with van der Waals surface area (Å²) in [4.78, 5) is 10.2. The first-order valence-electron chi connectivity index (χ1n) is 10.2. The number of hydrogen-bond acceptors (Lipinski definition) is 9. The third-order valence-electron chi connectivity index (χ3n) is 5.23. The number of aromatic nitrogens is 3. The zero-order valence-electron chi connectivity index (χ0n) is 18.8. The molecule has 4 rings (SSSR count). The molecule has 4 aromatic rings. The fourth-order valence-corrected chi connectivity index (χ4v) is 4.77. The summed E-state index contributed by atoms with van der Waals surface area (Å²) >= 11 is 0. The summed E-state index contributed by atoms with van der Waals surface area (Å²) in [5.74, 6) is -2.97. The van der Waals surface area contributed by atoms with E-state index in [1.165, 1.54) is 0 Å². The van der Waals surface area contributed by atoms with Gasteiger partial charge in [-0.05, 0) is 19.9 Å². The van der Waals surface area contributed by atoms with Gasteiger partial charge in [0.15, 0.2) is 33.9 Å². The third-order valence-corrected chi connectivity index (χ3v) is 7.00. The van der Waals surface area contributed by atoms with E-state index in [1.54, 1.807) is 48.5 Å². The van der Waals surface area contributed by atoms with E-state index >= 15 is 0 Å². The van der Waals surface area contributed by atoms with Gasteiger partial charge in [0, 0.05) is 11.1 Å². The number of aryl methyl sites for hydroxylation is 2. The van der Waals surface area contributed by atoms with Crippen LogP contribution in [0.4, 0.5) is 0 Å². The van der Waals surface area contributed by atoms with Gasteiger partial charge in [0.1, 0.15) is 4.90 Å². The molecule has 0 radical (unpaired) electrons. The minimum absolute atomic E-state index is 0.102. The van der Waals surface area contributed by atoms with Gasteiger partial charge in [0.2, 0.25) is 0 Å². The van der Waals surface area contributed by atoms with Crippen LogP contribution < -0.4 is 0 Å². The third kappa shape index (κ3) is 4.90. The Labute approximate surface area is 206 Å². The lowest BCUT2D eigenvalue weighted by molar-refractivity contribution is 0.399. The summed E-state index contributed by atoms with van der Waals surface area (Å²) in [5, 5.41) is 20.8. The molecule has 0 aliphatic carbocycles. The summed E-state index contributed by atoms with van der Waals surface area (Å²) in [6.45, 7) is 3.76. The lowest BCUT2D eigenvalue weighted by atomic mass is 10.1. The summed E-state index contributed by atoms with van der Waals surface area (Å²) < 4.78 is 66.6. The molecule has 36 heavy (non-hydrogen) atoms. The predicted molar refractivity (Wildman–Crippen MR) is 129 cm³/mol. The van der Waals surface area contributed by atoms with Gasteiger partial charge in [0.05, 0.1) is 5.56 Å². The van der Waals surface area contributed by atoms with Crippen LogP contribution in [0.15, 0.2) is 64.4 Å². The molecule has 0 atom stereocenters. The largest absolute Gasteiger partial charge is 0.506 e. The highest BCUT2D eigenvalue weighted by Crippen LogP contribution is 2.43. The fourth-order valence-electron chi connectivity index (χ4n) is 3.39. The fraction of sp³-hybridized carbons (Fsp3) is 0.0870. The van der Waals surface area contributed by atoms with Crippen molar-refractivity contribution in [2.75, 3.05) is 0 Å². The van der Waals surface area contributed by atoms with Crippen molar-refractivity contribution in [3.8, 4) is 45.7 Å². The van der Waals surface area contributed by atoms with E-state index in [9.17, 15) is 36.2 Å². The molecule has 3 aromatic carbocycles. The molecule has 1 heterocycles. The van der Waals surface area contributed by atoms with Gasteiger partial charge >= 0.3 is 10.1 Å². The minimum atomic E-state index is -5.36. The molecule has 0 aliphatic rings. The van der Waals surface area contributed by atoms with Crippen molar-refractivity contribution in [2.24, 2.45) is 0 Å². The average Bonchev–Trinajstić information content (AvgIpc) is 2.78. The Morgan fingerprint density at radius 3 is 1.42 bits per heavy atom. The molecule has 0 unspecified atom stereocenters. The highest BCUT2D eigenvalue weighted by Gasteiger charge is 2.32. The first-order chi connectivity index (χ1) is 16.8. The van der Waals surface area contributed by atoms with Crippen LogP contribution in [0.25, 0.3) is 34.2 Å². The Morgan fingerprint density at radius 2 is 1.03 bits per heavy atom. The van der Waals surface area contributed by atoms with E-state index < -0.39 is 47.1 Å². The first kappa shape index (κ1) is 25.2. The molecule has 0 bridgehead atoms. The standard InChI is InChI=1S/C23H19N3O8S2/c1-12-3-7-14(8-4-12)21-24-22(15-9-5-13(2)6-10-15)26-23(25-21)16-11-17(35(29,30)31)19(28)20(18(16)27)36(32,33)34/h3-11,27-28H,1-2H3,(H,29,30,31)(H,32,33,34). The summed E-state index contributed by atoms with van der Waals surface area (Å²) in [6.07, 6.45) is 0. The number of phenolic OH excluding ortho intramolecular Hbond substituents is 2. The number of rotatable bonds is 5. The Hall–Kier alpha value is -3.91. The van der Waals surface area contributed by atoms with E-state index in [4.69, 9.17) is 0 Å². The van der Waals surface area contributed by atoms with Gasteiger partial charge in [0.25, 0.3) is 10.1 Å². The first-order valence-corrected chi connectivity index (χ1v) is 13.1. The van der Waals surface area contributed by atoms with E-state index in [-0.39, 0.29) is 17.5 Å². The molecular formula is C23H19N3O8S2. The summed E-state index contributed by atoms with van der Waals surface area (Å²) in [6, 6.07) is 14.7. The second kappa shape index (κ2) is 8.95. The quantitative estimate of drug-likeness (QED) is 0.277. The maximum Gasteiger partial charge on any atom is 0.302 e. The van der Waals surface area contributed by atoms with Crippen LogP contribution >= 0.6 is 0 Å². The number of nitrogens with zero attached hydrogens (tertiary/aromatic N) is 3. The number of hydrogen-bond donors (Lipinski definition) is 4. The Bertz CT molecular complexity index is 1640. The predicted octanol–water partition coefficient (Wildman–Crippen LogP) is 3.39. The zero-order chi connectivity index (χ0) is 26.4. The van der Waals surface area contributed by atoms with Gasteiger partial charge < -0.3 is 10.2 Å². The van der Waals surface area contributed by atoms with Crippen molar-refractivity contribution in [1.29, 1.82) is 0 Å². The van der Waals surface area contributed by atoms with Crippen LogP contribution in [-0.2, 0) is 20.2 Å². The monoisotopic (exact) mass is 529 g/mol. The van der Waals surface area contributed by atoms with E-state index in [2.05, 4.69) is 15.0 Å². The van der Waals surface area contributed by atoms with E-state index in [1.807, 2.05) is 13.8 Å². The molecule has 0 fully saturated rings. The molecule has 11 nitrogen and oxygen atoms in total. The van der Waals surface area contributed by atoms with Crippen molar-refractivity contribution in [3.05, 3.63) is 65.7 Å². The molecule has 0 spiro atoms. The molecule has 0 aliphatic heterocycles. The lowest BCUT2D eigenvalue weighted by Crippen LogP contribution is -2.07. The smallest absolute Gasteiger partial charge is 0.302 e. The highest BCUT2D eigenvalue weighted by molar-refractivity contribution is 7.87. The molecule has 0 saturated heterocycles. The van der Waals surface area contributed by atoms with Crippen molar-refractivity contribution in [2.45, 2.75) is 23.6 Å². The molecule has 4 N–H and O–H groups in total. The maximum absolute atomic E-state index is 11.9. The molecule has 1 aromatic heterocycles. The van der Waals surface area contributed by atoms with Gasteiger partial charge in [-0.1, -0.05) is 59.7 Å². The number of aromatic hydroxyl groups is 2. The number of phenols is 2. The maximum atomic E-state index is 11.9. The normalized spacial score (nSPS) is 12.0. The summed E-state index contributed by atoms with van der Waals surface area (Å²) in [7, 11) is -10.6. The van der Waals surface area contributed by atoms with Crippen molar-refractivity contribution >= 4 is 20.2 Å². The topological polar surface area (TPSA) is 188 Å². The average molecular weight is 530 g/mol. The van der Waals surface area contributed by atoms with Crippen molar-refractivity contribution < 1.29 is 36.2 Å². The van der Waals surface area contributed by atoms with Crippen LogP contribution in [0, 0.1) is 13.8 Å². The molecule has 13 heteroatoms. The lowest BCUT2D eigenvalue weighted by Gasteiger charge is -2.14. The SMILES string of the molecule is Cc1ccc(-c2nc(-c3ccc(C)cc3)nc(-c3cc(S(=O)(=O)O)c(O)c(S(=O)(=O)O)c3O)n2)cc1. The molecular weight excluding hydrogens is 510 g/mol. The second-order valence-corrected chi connectivity index (χ2v) is 10.7. The Morgan fingerprint density at radius 1 is 0.611 bits per heavy atom. The van der Waals surface area contributed by atoms with Crippen LogP contribution in [0.3, 0.4) is 0 Å². The molecule has 0 saturated carbocycles. The van der Waals surface area contributed by atoms with Gasteiger partial charge in [-0.15, -0.1) is 0 Å². The second-order valence-electron chi connectivity index (χ2n) is 7.94. The van der Waals surface area contributed by atoms with Gasteiger partial charge in [-0.3, -0.25) is 9.11 Å². The van der Waals surface area contributed by atoms with E-state index in [0.29, 0.717) is 17.2 Å². The van der Waals surface area contributed by atoms with Crippen molar-refractivity contribution in [1.82, 2.24) is 15.0 Å². The highest BCUT2D eigenvalue weighted by atomic mass is 32.2. The molecule has 0 amide bonds. The molecule has 186 valence electrons. The van der Waals surface area contributed by atoms with Crippen LogP contribution in [0.2, 0.25) is 0 Å². The minimum Gasteiger partial charge on any atom is -0.506 e. The van der Waals surface area contributed by atoms with Crippen LogP contribution in [-0.4, -0.2) is 51.1 Å². The van der Waals surface area contributed by atoms with Gasteiger partial charge in [-0.2, -0.15) is 16.8 Å². The number of benzene rings is 3. The van der Waals surface area contributed by atoms with Crippen LogP contribution in [0.5, 0.6) is 11.5 Å². The zero-order valence-corrected chi connectivity index (χ0v) is 20.4. The Kier molecular flexibility index (Phi) is 6.26. The van der Waals surface area contributed by atoms with E-state index in [0.717, 1.165) is 11.1 Å². The van der Waals surface area contributed by atoms with Crippen molar-refractivity contribution in [3.63, 3.8) is 0 Å². The Balaban J connectivity index is 2.09.